The molecule has 2 aromatic rings. The minimum Gasteiger partial charge on any atom is -0.422 e. The molecule has 2 aromatic carbocycles. The maximum absolute atomic E-state index is 8.87. The van der Waals surface area contributed by atoms with Crippen LogP contribution in [-0.4, -0.2) is 12.6 Å². The highest BCUT2D eigenvalue weighted by molar-refractivity contribution is 8.21. The highest BCUT2D eigenvalue weighted by Gasteiger charge is 2.14. The summed E-state index contributed by atoms with van der Waals surface area (Å²) in [5, 5.41) is 10.8. The standard InChI is InChI=1S/C13H10N2PS.C4H11N/c14-11-15-16(17,12-7-3-1-4-8-12)13-9-5-2-6-10-13;1-2-3-4-5/h1-10H;2-5H2,1H3/q-1;/p+1. The molecular formula is C17H22N3PS. The lowest BCUT2D eigenvalue weighted by atomic mass is 10.3. The van der Waals surface area contributed by atoms with Gasteiger partial charge in [0.15, 0.2) is 0 Å². The predicted molar refractivity (Wildman–Crippen MR) is 99.9 cm³/mol. The Morgan fingerprint density at radius 3 is 1.77 bits per heavy atom. The largest absolute Gasteiger partial charge is 0.422 e. The lowest BCUT2D eigenvalue weighted by molar-refractivity contribution is -0.368. The lowest BCUT2D eigenvalue weighted by Crippen LogP contribution is -2.49. The van der Waals surface area contributed by atoms with Crippen molar-refractivity contribution in [3.63, 3.8) is 0 Å². The number of unbranched alkanes of at least 4 members (excludes halogenated alkanes) is 1. The smallest absolute Gasteiger partial charge is 0.0739 e. The Hall–Kier alpha value is -1.57. The number of hydrogen-bond donors (Lipinski definition) is 1. The zero-order valence-corrected chi connectivity index (χ0v) is 14.6. The van der Waals surface area contributed by atoms with Crippen LogP contribution in [-0.2, 0) is 11.8 Å². The van der Waals surface area contributed by atoms with Crippen LogP contribution in [0.3, 0.4) is 0 Å². The van der Waals surface area contributed by atoms with Crippen LogP contribution in [0, 0.1) is 0 Å². The summed E-state index contributed by atoms with van der Waals surface area (Å²) in [6, 6.07) is 21.2. The van der Waals surface area contributed by atoms with Gasteiger partial charge in [0.1, 0.15) is 0 Å². The molecule has 0 spiro atoms. The Kier molecular flexibility index (Phi) is 8.57. The van der Waals surface area contributed by atoms with Crippen molar-refractivity contribution in [2.45, 2.75) is 19.8 Å². The van der Waals surface area contributed by atoms with Crippen molar-refractivity contribution < 1.29 is 5.73 Å². The molecule has 0 atom stereocenters. The van der Waals surface area contributed by atoms with E-state index < -0.39 is 6.19 Å². The molecule has 22 heavy (non-hydrogen) atoms. The zero-order chi connectivity index (χ0) is 16.3. The van der Waals surface area contributed by atoms with Crippen LogP contribution in [0.2, 0.25) is 0 Å². The Morgan fingerprint density at radius 2 is 1.50 bits per heavy atom. The minimum atomic E-state index is -2.33. The molecule has 0 unspecified atom stereocenters. The molecule has 0 aliphatic carbocycles. The van der Waals surface area contributed by atoms with E-state index in [1.807, 2.05) is 66.7 Å². The van der Waals surface area contributed by atoms with Crippen molar-refractivity contribution in [1.82, 2.24) is 0 Å². The van der Waals surface area contributed by atoms with Gasteiger partial charge in [0, 0.05) is 6.19 Å². The zero-order valence-electron chi connectivity index (χ0n) is 12.9. The number of quaternary nitrogens is 1. The van der Waals surface area contributed by atoms with Gasteiger partial charge in [0.05, 0.1) is 6.54 Å². The number of nitrogens with zero attached hydrogens (tertiary/aromatic N) is 2. The first-order chi connectivity index (χ1) is 10.7. The van der Waals surface area contributed by atoms with Crippen LogP contribution in [0.15, 0.2) is 65.4 Å². The Labute approximate surface area is 137 Å². The molecule has 0 bridgehead atoms. The average Bonchev–Trinajstić information content (AvgIpc) is 2.58. The minimum absolute atomic E-state index is 0.947. The summed E-state index contributed by atoms with van der Waals surface area (Å²) in [5.74, 6) is 0. The third kappa shape index (κ3) is 5.32. The normalized spacial score (nSPS) is 10.1. The third-order valence-electron chi connectivity index (χ3n) is 3.00. The van der Waals surface area contributed by atoms with Crippen LogP contribution in [0.25, 0.3) is 5.41 Å². The molecule has 0 aromatic heterocycles. The first kappa shape index (κ1) is 18.5. The molecule has 3 nitrogen and oxygen atoms in total. The molecule has 116 valence electrons. The average molecular weight is 331 g/mol. The number of rotatable bonds is 5. The van der Waals surface area contributed by atoms with E-state index in [1.165, 1.54) is 12.8 Å². The van der Waals surface area contributed by atoms with Gasteiger partial charge >= 0.3 is 0 Å². The van der Waals surface area contributed by atoms with E-state index in [1.54, 1.807) is 0 Å². The highest BCUT2D eigenvalue weighted by atomic mass is 32.4. The Bertz CT molecular complexity index is 592. The van der Waals surface area contributed by atoms with Crippen LogP contribution >= 0.6 is 6.19 Å². The molecule has 2 rings (SSSR count). The predicted octanol–water partition coefficient (Wildman–Crippen LogP) is 2.80. The van der Waals surface area contributed by atoms with Crippen LogP contribution in [0.5, 0.6) is 0 Å². The van der Waals surface area contributed by atoms with Gasteiger partial charge in [-0.1, -0.05) is 85.8 Å². The van der Waals surface area contributed by atoms with Gasteiger partial charge in [-0.3, -0.25) is 0 Å². The van der Waals surface area contributed by atoms with Crippen LogP contribution in [0.1, 0.15) is 19.8 Å². The van der Waals surface area contributed by atoms with Crippen LogP contribution in [0.4, 0.5) is 0 Å². The van der Waals surface area contributed by atoms with E-state index in [-0.39, 0.29) is 0 Å². The summed E-state index contributed by atoms with van der Waals surface area (Å²) in [6.07, 6.45) is 0.232. The quantitative estimate of drug-likeness (QED) is 0.664. The summed E-state index contributed by atoms with van der Waals surface area (Å²) in [7, 11) is 0. The molecule has 0 aliphatic heterocycles. The molecule has 3 N–H and O–H groups in total. The molecule has 0 amide bonds. The first-order valence-electron chi connectivity index (χ1n) is 7.31. The monoisotopic (exact) mass is 331 g/mol. The van der Waals surface area contributed by atoms with Crippen molar-refractivity contribution in [3.8, 4) is 0 Å². The summed E-state index contributed by atoms with van der Waals surface area (Å²) in [4.78, 5) is 0. The lowest BCUT2D eigenvalue weighted by Gasteiger charge is -2.23. The second kappa shape index (κ2) is 10.2. The molecule has 0 saturated carbocycles. The van der Waals surface area contributed by atoms with E-state index in [2.05, 4.69) is 17.4 Å². The summed E-state index contributed by atoms with van der Waals surface area (Å²) < 4.78 is 4.03. The SMILES string of the molecule is CCCC[NH3+].[N-]=C=NP(=S)(c1ccccc1)c1ccccc1. The van der Waals surface area contributed by atoms with Gasteiger partial charge in [0.2, 0.25) is 0 Å². The van der Waals surface area contributed by atoms with Crippen molar-refractivity contribution in [2.24, 2.45) is 4.76 Å². The van der Waals surface area contributed by atoms with Gasteiger partial charge < -0.3 is 15.9 Å². The van der Waals surface area contributed by atoms with Crippen molar-refractivity contribution >= 4 is 34.6 Å². The molecule has 0 heterocycles. The van der Waals surface area contributed by atoms with Crippen molar-refractivity contribution in [3.05, 3.63) is 66.1 Å². The molecule has 0 radical (unpaired) electrons. The van der Waals surface area contributed by atoms with Crippen molar-refractivity contribution in [1.29, 1.82) is 0 Å². The molecular weight excluding hydrogens is 309 g/mol. The second-order valence-electron chi connectivity index (χ2n) is 4.65. The third-order valence-corrected chi connectivity index (χ3v) is 6.88. The fourth-order valence-corrected chi connectivity index (χ4v) is 4.49. The fraction of sp³-hybridized carbons (Fsp3) is 0.235. The molecule has 0 fully saturated rings. The van der Waals surface area contributed by atoms with Gasteiger partial charge in [-0.2, -0.15) is 0 Å². The Morgan fingerprint density at radius 1 is 1.05 bits per heavy atom. The molecule has 5 heteroatoms. The van der Waals surface area contributed by atoms with E-state index >= 15 is 0 Å². The van der Waals surface area contributed by atoms with E-state index in [0.717, 1.165) is 17.2 Å². The summed E-state index contributed by atoms with van der Waals surface area (Å²) >= 11 is 5.66. The van der Waals surface area contributed by atoms with E-state index in [4.69, 9.17) is 17.2 Å². The van der Waals surface area contributed by atoms with Gasteiger partial charge in [0.25, 0.3) is 0 Å². The van der Waals surface area contributed by atoms with E-state index in [0.29, 0.717) is 0 Å². The molecule has 0 aliphatic rings. The maximum Gasteiger partial charge on any atom is 0.0739 e. The van der Waals surface area contributed by atoms with E-state index in [9.17, 15) is 0 Å². The number of hydrogen-bond acceptors (Lipinski definition) is 1. The molecule has 0 saturated heterocycles. The van der Waals surface area contributed by atoms with Gasteiger partial charge in [-0.25, -0.2) is 0 Å². The highest BCUT2D eigenvalue weighted by Crippen LogP contribution is 2.44. The van der Waals surface area contributed by atoms with Gasteiger partial charge in [-0.05, 0) is 17.0 Å². The summed E-state index contributed by atoms with van der Waals surface area (Å²) in [5.41, 5.74) is 3.68. The Balaban J connectivity index is 0.000000422. The fourth-order valence-electron chi connectivity index (χ4n) is 1.84. The number of benzene rings is 2. The van der Waals surface area contributed by atoms with Crippen LogP contribution < -0.4 is 16.3 Å². The maximum atomic E-state index is 8.87. The van der Waals surface area contributed by atoms with Crippen molar-refractivity contribution in [2.75, 3.05) is 6.54 Å². The first-order valence-corrected chi connectivity index (χ1v) is 10.1. The second-order valence-corrected chi connectivity index (χ2v) is 8.62. The van der Waals surface area contributed by atoms with Gasteiger partial charge in [-0.15, -0.1) is 6.01 Å². The topological polar surface area (TPSA) is 62.3 Å². The summed E-state index contributed by atoms with van der Waals surface area (Å²) in [6.45, 7) is 3.27.